The average molecular weight is 273 g/mol. The van der Waals surface area contributed by atoms with Gasteiger partial charge in [0.25, 0.3) is 0 Å². The van der Waals surface area contributed by atoms with Gasteiger partial charge in [0.05, 0.1) is 12.8 Å². The number of hydrogen-bond donors (Lipinski definition) is 1. The molecular weight excluding hydrogens is 250 g/mol. The van der Waals surface area contributed by atoms with Gasteiger partial charge in [0, 0.05) is 30.8 Å². The SMILES string of the molecule is CCc1cc(CC(N)c2ccc(C)cc2OC)n(C)n1. The second-order valence-corrected chi connectivity index (χ2v) is 5.16. The van der Waals surface area contributed by atoms with Gasteiger partial charge in [-0.25, -0.2) is 0 Å². The highest BCUT2D eigenvalue weighted by Crippen LogP contribution is 2.27. The van der Waals surface area contributed by atoms with E-state index in [0.29, 0.717) is 0 Å². The van der Waals surface area contributed by atoms with E-state index in [-0.39, 0.29) is 6.04 Å². The fourth-order valence-corrected chi connectivity index (χ4v) is 2.40. The Morgan fingerprint density at radius 1 is 1.35 bits per heavy atom. The smallest absolute Gasteiger partial charge is 0.123 e. The highest BCUT2D eigenvalue weighted by atomic mass is 16.5. The summed E-state index contributed by atoms with van der Waals surface area (Å²) in [5.74, 6) is 0.857. The van der Waals surface area contributed by atoms with Crippen molar-refractivity contribution < 1.29 is 4.74 Å². The van der Waals surface area contributed by atoms with Crippen molar-refractivity contribution >= 4 is 0 Å². The lowest BCUT2D eigenvalue weighted by molar-refractivity contribution is 0.404. The van der Waals surface area contributed by atoms with E-state index in [1.165, 1.54) is 5.56 Å². The Kier molecular flexibility index (Phi) is 4.45. The molecule has 1 aromatic heterocycles. The predicted octanol–water partition coefficient (Wildman–Crippen LogP) is 2.54. The number of nitrogens with two attached hydrogens (primary N) is 1. The standard InChI is InChI=1S/C16H23N3O/c1-5-12-9-13(19(3)18-12)10-15(17)14-7-6-11(2)8-16(14)20-4/h6-9,15H,5,10,17H2,1-4H3. The van der Waals surface area contributed by atoms with E-state index < -0.39 is 0 Å². The first-order valence-electron chi connectivity index (χ1n) is 6.97. The summed E-state index contributed by atoms with van der Waals surface area (Å²) in [5, 5.41) is 4.46. The minimum absolute atomic E-state index is 0.0920. The molecule has 0 aliphatic rings. The van der Waals surface area contributed by atoms with E-state index in [1.807, 2.05) is 24.7 Å². The molecule has 2 rings (SSSR count). The van der Waals surface area contributed by atoms with Crippen LogP contribution in [0, 0.1) is 6.92 Å². The molecule has 0 aliphatic carbocycles. The molecule has 0 spiro atoms. The summed E-state index contributed by atoms with van der Waals surface area (Å²) in [7, 11) is 3.65. The van der Waals surface area contributed by atoms with E-state index >= 15 is 0 Å². The topological polar surface area (TPSA) is 53.1 Å². The second-order valence-electron chi connectivity index (χ2n) is 5.16. The molecule has 0 saturated heterocycles. The lowest BCUT2D eigenvalue weighted by Crippen LogP contribution is -2.16. The van der Waals surface area contributed by atoms with Gasteiger partial charge in [0.1, 0.15) is 5.75 Å². The van der Waals surface area contributed by atoms with Crippen molar-refractivity contribution in [2.45, 2.75) is 32.7 Å². The van der Waals surface area contributed by atoms with Gasteiger partial charge in [-0.15, -0.1) is 0 Å². The van der Waals surface area contributed by atoms with Crippen molar-refractivity contribution in [3.05, 3.63) is 46.8 Å². The first-order chi connectivity index (χ1) is 9.55. The van der Waals surface area contributed by atoms with E-state index in [4.69, 9.17) is 10.5 Å². The molecule has 0 bridgehead atoms. The van der Waals surface area contributed by atoms with Crippen molar-refractivity contribution in [2.24, 2.45) is 12.8 Å². The normalized spacial score (nSPS) is 12.4. The monoisotopic (exact) mass is 273 g/mol. The minimum Gasteiger partial charge on any atom is -0.496 e. The molecule has 1 atom stereocenters. The van der Waals surface area contributed by atoms with Crippen LogP contribution in [0.15, 0.2) is 24.3 Å². The zero-order chi connectivity index (χ0) is 14.7. The first-order valence-corrected chi connectivity index (χ1v) is 6.97. The molecule has 0 radical (unpaired) electrons. The quantitative estimate of drug-likeness (QED) is 0.911. The number of aromatic nitrogens is 2. The van der Waals surface area contributed by atoms with Crippen LogP contribution in [0.4, 0.5) is 0 Å². The van der Waals surface area contributed by atoms with Crippen molar-refractivity contribution in [3.63, 3.8) is 0 Å². The van der Waals surface area contributed by atoms with Crippen LogP contribution in [0.3, 0.4) is 0 Å². The number of rotatable bonds is 5. The zero-order valence-electron chi connectivity index (χ0n) is 12.7. The maximum atomic E-state index is 6.35. The van der Waals surface area contributed by atoms with Crippen LogP contribution < -0.4 is 10.5 Å². The van der Waals surface area contributed by atoms with Gasteiger partial charge < -0.3 is 10.5 Å². The van der Waals surface area contributed by atoms with Gasteiger partial charge in [-0.1, -0.05) is 19.1 Å². The van der Waals surface area contributed by atoms with Gasteiger partial charge >= 0.3 is 0 Å². The van der Waals surface area contributed by atoms with Gasteiger partial charge in [-0.05, 0) is 31.0 Å². The zero-order valence-corrected chi connectivity index (χ0v) is 12.7. The van der Waals surface area contributed by atoms with Crippen molar-refractivity contribution in [1.82, 2.24) is 9.78 Å². The Morgan fingerprint density at radius 2 is 2.10 bits per heavy atom. The molecule has 108 valence electrons. The molecule has 20 heavy (non-hydrogen) atoms. The molecule has 2 N–H and O–H groups in total. The fraction of sp³-hybridized carbons (Fsp3) is 0.438. The van der Waals surface area contributed by atoms with Crippen LogP contribution in [0.5, 0.6) is 5.75 Å². The Labute approximate surface area is 120 Å². The summed E-state index contributed by atoms with van der Waals surface area (Å²) in [6.45, 7) is 4.15. The summed E-state index contributed by atoms with van der Waals surface area (Å²) in [4.78, 5) is 0. The third kappa shape index (κ3) is 3.02. The largest absolute Gasteiger partial charge is 0.496 e. The number of nitrogens with zero attached hydrogens (tertiary/aromatic N) is 2. The summed E-state index contributed by atoms with van der Waals surface area (Å²) in [6.07, 6.45) is 1.69. The summed E-state index contributed by atoms with van der Waals surface area (Å²) in [5.41, 5.74) is 10.8. The highest BCUT2D eigenvalue weighted by molar-refractivity contribution is 5.39. The second kappa shape index (κ2) is 6.09. The maximum absolute atomic E-state index is 6.35. The number of benzene rings is 1. The number of hydrogen-bond acceptors (Lipinski definition) is 3. The third-order valence-corrected chi connectivity index (χ3v) is 3.61. The molecule has 0 saturated carbocycles. The Morgan fingerprint density at radius 3 is 2.70 bits per heavy atom. The number of aryl methyl sites for hydroxylation is 3. The van der Waals surface area contributed by atoms with Crippen molar-refractivity contribution in [2.75, 3.05) is 7.11 Å². The van der Waals surface area contributed by atoms with E-state index in [9.17, 15) is 0 Å². The molecule has 0 amide bonds. The molecule has 2 aromatic rings. The Hall–Kier alpha value is -1.81. The van der Waals surface area contributed by atoms with E-state index in [1.54, 1.807) is 7.11 Å². The molecule has 1 aromatic carbocycles. The molecule has 4 heteroatoms. The predicted molar refractivity (Wildman–Crippen MR) is 80.9 cm³/mol. The average Bonchev–Trinajstić information content (AvgIpc) is 2.79. The van der Waals surface area contributed by atoms with E-state index in [0.717, 1.165) is 35.5 Å². The Bertz CT molecular complexity index is 589. The summed E-state index contributed by atoms with van der Waals surface area (Å²) < 4.78 is 7.36. The summed E-state index contributed by atoms with van der Waals surface area (Å²) in [6, 6.07) is 8.18. The summed E-state index contributed by atoms with van der Waals surface area (Å²) >= 11 is 0. The molecule has 0 fully saturated rings. The van der Waals surface area contributed by atoms with Gasteiger partial charge in [0.15, 0.2) is 0 Å². The number of ether oxygens (including phenoxy) is 1. The van der Waals surface area contributed by atoms with Crippen LogP contribution in [0.1, 0.15) is 35.5 Å². The van der Waals surface area contributed by atoms with Gasteiger partial charge in [-0.3, -0.25) is 4.68 Å². The highest BCUT2D eigenvalue weighted by Gasteiger charge is 2.15. The third-order valence-electron chi connectivity index (χ3n) is 3.61. The fourth-order valence-electron chi connectivity index (χ4n) is 2.40. The van der Waals surface area contributed by atoms with Gasteiger partial charge in [-0.2, -0.15) is 5.10 Å². The first kappa shape index (κ1) is 14.6. The number of methoxy groups -OCH3 is 1. The van der Waals surface area contributed by atoms with Crippen LogP contribution in [0.25, 0.3) is 0 Å². The molecule has 1 heterocycles. The lowest BCUT2D eigenvalue weighted by atomic mass is 10.00. The molecule has 0 aliphatic heterocycles. The van der Waals surface area contributed by atoms with Crippen LogP contribution >= 0.6 is 0 Å². The van der Waals surface area contributed by atoms with Crippen LogP contribution in [-0.2, 0) is 19.9 Å². The van der Waals surface area contributed by atoms with Crippen molar-refractivity contribution in [3.8, 4) is 5.75 Å². The molecule has 1 unspecified atom stereocenters. The lowest BCUT2D eigenvalue weighted by Gasteiger charge is -2.16. The maximum Gasteiger partial charge on any atom is 0.123 e. The van der Waals surface area contributed by atoms with E-state index in [2.05, 4.69) is 30.2 Å². The van der Waals surface area contributed by atoms with Crippen molar-refractivity contribution in [1.29, 1.82) is 0 Å². The minimum atomic E-state index is -0.0920. The van der Waals surface area contributed by atoms with Crippen LogP contribution in [0.2, 0.25) is 0 Å². The molecule has 4 nitrogen and oxygen atoms in total. The van der Waals surface area contributed by atoms with Gasteiger partial charge in [0.2, 0.25) is 0 Å². The molecular formula is C16H23N3O. The Balaban J connectivity index is 2.23. The van der Waals surface area contributed by atoms with Crippen LogP contribution in [-0.4, -0.2) is 16.9 Å².